The van der Waals surface area contributed by atoms with Gasteiger partial charge in [-0.2, -0.15) is 5.10 Å². The molecule has 1 saturated heterocycles. The Bertz CT molecular complexity index is 673. The minimum Gasteiger partial charge on any atom is -0.490 e. The van der Waals surface area contributed by atoms with Crippen LogP contribution in [0.5, 0.6) is 5.75 Å². The third kappa shape index (κ3) is 3.95. The summed E-state index contributed by atoms with van der Waals surface area (Å²) >= 11 is 1.86. The van der Waals surface area contributed by atoms with E-state index in [1.54, 1.807) is 0 Å². The Morgan fingerprint density at radius 3 is 2.38 bits per heavy atom. The highest BCUT2D eigenvalue weighted by Crippen LogP contribution is 2.32. The SMILES string of the molecule is CCn1nc(C)c(SN2CCC(Oc3ccc(C)cc3)CC2)c1C. The van der Waals surface area contributed by atoms with Gasteiger partial charge in [-0.25, -0.2) is 4.31 Å². The van der Waals surface area contributed by atoms with Crippen LogP contribution in [0.4, 0.5) is 0 Å². The van der Waals surface area contributed by atoms with Crippen molar-refractivity contribution in [1.82, 2.24) is 14.1 Å². The second kappa shape index (κ2) is 7.62. The predicted molar refractivity (Wildman–Crippen MR) is 99.6 cm³/mol. The fourth-order valence-electron chi connectivity index (χ4n) is 3.10. The molecule has 2 heterocycles. The lowest BCUT2D eigenvalue weighted by molar-refractivity contribution is 0.139. The molecular weight excluding hydrogens is 318 g/mol. The summed E-state index contributed by atoms with van der Waals surface area (Å²) in [6.45, 7) is 11.5. The van der Waals surface area contributed by atoms with Gasteiger partial charge in [-0.1, -0.05) is 17.7 Å². The zero-order valence-electron chi connectivity index (χ0n) is 15.1. The van der Waals surface area contributed by atoms with Crippen molar-refractivity contribution in [3.63, 3.8) is 0 Å². The molecule has 130 valence electrons. The summed E-state index contributed by atoms with van der Waals surface area (Å²) in [5.41, 5.74) is 3.68. The van der Waals surface area contributed by atoms with Crippen molar-refractivity contribution < 1.29 is 4.74 Å². The Morgan fingerprint density at radius 2 is 1.79 bits per heavy atom. The molecule has 4 nitrogen and oxygen atoms in total. The molecule has 0 atom stereocenters. The number of piperidine rings is 1. The van der Waals surface area contributed by atoms with Crippen molar-refractivity contribution >= 4 is 11.9 Å². The van der Waals surface area contributed by atoms with Crippen LogP contribution in [0, 0.1) is 20.8 Å². The van der Waals surface area contributed by atoms with Gasteiger partial charge in [0.1, 0.15) is 11.9 Å². The summed E-state index contributed by atoms with van der Waals surface area (Å²) in [5, 5.41) is 4.62. The second-order valence-electron chi connectivity index (χ2n) is 6.47. The third-order valence-corrected chi connectivity index (χ3v) is 5.96. The minimum atomic E-state index is 0.324. The second-order valence-corrected chi connectivity index (χ2v) is 7.57. The topological polar surface area (TPSA) is 30.3 Å². The summed E-state index contributed by atoms with van der Waals surface area (Å²) in [4.78, 5) is 1.31. The van der Waals surface area contributed by atoms with E-state index in [9.17, 15) is 0 Å². The third-order valence-electron chi connectivity index (χ3n) is 4.56. The number of aryl methyl sites for hydroxylation is 3. The summed E-state index contributed by atoms with van der Waals surface area (Å²) in [7, 11) is 0. The van der Waals surface area contributed by atoms with Gasteiger partial charge >= 0.3 is 0 Å². The molecule has 0 unspecified atom stereocenters. The molecule has 0 spiro atoms. The Morgan fingerprint density at radius 1 is 1.12 bits per heavy atom. The number of benzene rings is 1. The van der Waals surface area contributed by atoms with Gasteiger partial charge in [0.05, 0.1) is 16.3 Å². The van der Waals surface area contributed by atoms with Crippen LogP contribution in [-0.4, -0.2) is 33.3 Å². The van der Waals surface area contributed by atoms with E-state index in [1.807, 2.05) is 11.9 Å². The Kier molecular flexibility index (Phi) is 5.51. The van der Waals surface area contributed by atoms with E-state index in [4.69, 9.17) is 4.74 Å². The average Bonchev–Trinajstić information content (AvgIpc) is 2.86. The molecule has 1 aromatic carbocycles. The van der Waals surface area contributed by atoms with Gasteiger partial charge in [-0.05, 0) is 64.6 Å². The molecule has 1 fully saturated rings. The molecule has 1 aromatic heterocycles. The quantitative estimate of drug-likeness (QED) is 0.753. The summed E-state index contributed by atoms with van der Waals surface area (Å²) in [5.74, 6) is 0.989. The maximum absolute atomic E-state index is 6.13. The summed E-state index contributed by atoms with van der Waals surface area (Å²) in [6.07, 6.45) is 2.46. The van der Waals surface area contributed by atoms with E-state index in [0.29, 0.717) is 6.10 Å². The van der Waals surface area contributed by atoms with Crippen LogP contribution in [0.2, 0.25) is 0 Å². The lowest BCUT2D eigenvalue weighted by Gasteiger charge is -2.31. The highest BCUT2D eigenvalue weighted by Gasteiger charge is 2.23. The fraction of sp³-hybridized carbons (Fsp3) is 0.526. The van der Waals surface area contributed by atoms with Crippen molar-refractivity contribution in [2.45, 2.75) is 58.1 Å². The first-order valence-corrected chi connectivity index (χ1v) is 9.54. The van der Waals surface area contributed by atoms with Gasteiger partial charge in [0.25, 0.3) is 0 Å². The number of nitrogens with zero attached hydrogens (tertiary/aromatic N) is 3. The number of aromatic nitrogens is 2. The number of ether oxygens (including phenoxy) is 1. The number of hydrogen-bond acceptors (Lipinski definition) is 4. The summed E-state index contributed by atoms with van der Waals surface area (Å²) < 4.78 is 10.7. The molecule has 3 rings (SSSR count). The van der Waals surface area contributed by atoms with Crippen molar-refractivity contribution in [1.29, 1.82) is 0 Å². The largest absolute Gasteiger partial charge is 0.490 e. The van der Waals surface area contributed by atoms with Gasteiger partial charge < -0.3 is 4.74 Å². The van der Waals surface area contributed by atoms with Gasteiger partial charge in [-0.15, -0.1) is 0 Å². The molecule has 1 aliphatic heterocycles. The first-order valence-electron chi connectivity index (χ1n) is 8.77. The highest BCUT2D eigenvalue weighted by molar-refractivity contribution is 7.97. The molecular formula is C19H27N3OS. The molecule has 0 radical (unpaired) electrons. The zero-order chi connectivity index (χ0) is 17.1. The van der Waals surface area contributed by atoms with Crippen LogP contribution in [0.1, 0.15) is 36.7 Å². The first kappa shape index (κ1) is 17.4. The lowest BCUT2D eigenvalue weighted by atomic mass is 10.1. The van der Waals surface area contributed by atoms with Crippen molar-refractivity contribution in [3.8, 4) is 5.75 Å². The maximum Gasteiger partial charge on any atom is 0.119 e. The van der Waals surface area contributed by atoms with Crippen molar-refractivity contribution in [2.75, 3.05) is 13.1 Å². The number of rotatable bonds is 5. The van der Waals surface area contributed by atoms with E-state index in [0.717, 1.165) is 43.9 Å². The van der Waals surface area contributed by atoms with E-state index in [-0.39, 0.29) is 0 Å². The highest BCUT2D eigenvalue weighted by atomic mass is 32.2. The zero-order valence-corrected chi connectivity index (χ0v) is 15.9. The van der Waals surface area contributed by atoms with Crippen LogP contribution in [0.15, 0.2) is 29.2 Å². The van der Waals surface area contributed by atoms with Crippen LogP contribution in [-0.2, 0) is 6.54 Å². The minimum absolute atomic E-state index is 0.324. The lowest BCUT2D eigenvalue weighted by Crippen LogP contribution is -2.34. The van der Waals surface area contributed by atoms with Crippen LogP contribution < -0.4 is 4.74 Å². The molecule has 0 amide bonds. The van der Waals surface area contributed by atoms with E-state index >= 15 is 0 Å². The maximum atomic E-state index is 6.13. The average molecular weight is 346 g/mol. The monoisotopic (exact) mass is 345 g/mol. The smallest absolute Gasteiger partial charge is 0.119 e. The van der Waals surface area contributed by atoms with Gasteiger partial charge in [0.2, 0.25) is 0 Å². The van der Waals surface area contributed by atoms with E-state index in [2.05, 4.69) is 66.0 Å². The molecule has 2 aromatic rings. The Labute approximate surface area is 149 Å². The molecule has 0 aliphatic carbocycles. The number of hydrogen-bond donors (Lipinski definition) is 0. The van der Waals surface area contributed by atoms with Gasteiger partial charge in [0, 0.05) is 19.6 Å². The van der Waals surface area contributed by atoms with Gasteiger partial charge in [-0.3, -0.25) is 4.68 Å². The molecule has 24 heavy (non-hydrogen) atoms. The molecule has 0 N–H and O–H groups in total. The van der Waals surface area contributed by atoms with Crippen molar-refractivity contribution in [2.24, 2.45) is 0 Å². The fourth-order valence-corrected chi connectivity index (χ4v) is 4.16. The standard InChI is InChI=1S/C19H27N3OS/c1-5-22-16(4)19(15(3)20-22)24-21-12-10-18(11-13-21)23-17-8-6-14(2)7-9-17/h6-9,18H,5,10-13H2,1-4H3. The van der Waals surface area contributed by atoms with Crippen LogP contribution in [0.3, 0.4) is 0 Å². The molecule has 5 heteroatoms. The first-order chi connectivity index (χ1) is 11.6. The van der Waals surface area contributed by atoms with Gasteiger partial charge in [0.15, 0.2) is 0 Å². The van der Waals surface area contributed by atoms with E-state index in [1.165, 1.54) is 16.2 Å². The van der Waals surface area contributed by atoms with E-state index < -0.39 is 0 Å². The Hall–Kier alpha value is -1.46. The van der Waals surface area contributed by atoms with Crippen LogP contribution in [0.25, 0.3) is 0 Å². The normalized spacial score (nSPS) is 16.5. The van der Waals surface area contributed by atoms with Crippen molar-refractivity contribution in [3.05, 3.63) is 41.2 Å². The summed E-state index contributed by atoms with van der Waals surface area (Å²) in [6, 6.07) is 8.36. The molecule has 0 bridgehead atoms. The molecule has 1 aliphatic rings. The van der Waals surface area contributed by atoms with Crippen LogP contribution >= 0.6 is 11.9 Å². The molecule has 0 saturated carbocycles. The Balaban J connectivity index is 1.54. The predicted octanol–water partition coefficient (Wildman–Crippen LogP) is 4.38.